The molecule has 0 spiro atoms. The average Bonchev–Trinajstić information content (AvgIpc) is 2.69. The summed E-state index contributed by atoms with van der Waals surface area (Å²) >= 11 is 0. The van der Waals surface area contributed by atoms with Crippen LogP contribution in [0, 0.1) is 11.6 Å². The van der Waals surface area contributed by atoms with Gasteiger partial charge in [-0.15, -0.1) is 0 Å². The molecule has 1 N–H and O–H groups in total. The largest absolute Gasteiger partial charge is 0.496 e. The molecule has 0 atom stereocenters. The molecule has 0 fully saturated rings. The molecule has 0 aliphatic carbocycles. The van der Waals surface area contributed by atoms with Crippen molar-refractivity contribution in [3.63, 3.8) is 0 Å². The fourth-order valence-corrected chi connectivity index (χ4v) is 2.37. The highest BCUT2D eigenvalue weighted by Gasteiger charge is 2.20. The Hall–Kier alpha value is -3.36. The van der Waals surface area contributed by atoms with Crippen molar-refractivity contribution in [2.24, 2.45) is 0 Å². The number of methoxy groups -OCH3 is 3. The summed E-state index contributed by atoms with van der Waals surface area (Å²) in [6, 6.07) is 6.18. The smallest absolute Gasteiger partial charge is 0.344 e. The van der Waals surface area contributed by atoms with Crippen molar-refractivity contribution in [3.8, 4) is 17.2 Å². The van der Waals surface area contributed by atoms with Crippen molar-refractivity contribution in [2.75, 3.05) is 27.9 Å². The predicted octanol–water partition coefficient (Wildman–Crippen LogP) is 2.46. The van der Waals surface area contributed by atoms with Crippen LogP contribution < -0.4 is 19.5 Å². The van der Waals surface area contributed by atoms with Gasteiger partial charge in [0.15, 0.2) is 18.1 Å². The van der Waals surface area contributed by atoms with E-state index in [1.54, 1.807) is 12.1 Å². The molecule has 0 aromatic heterocycles. The van der Waals surface area contributed by atoms with Crippen molar-refractivity contribution in [1.82, 2.24) is 5.32 Å². The molecule has 2 aromatic carbocycles. The van der Waals surface area contributed by atoms with Crippen LogP contribution in [-0.2, 0) is 16.1 Å². The van der Waals surface area contributed by atoms with Gasteiger partial charge in [-0.05, 0) is 18.2 Å². The molecule has 150 valence electrons. The fraction of sp³-hybridized carbons (Fsp3) is 0.263. The van der Waals surface area contributed by atoms with Crippen LogP contribution in [0.1, 0.15) is 15.9 Å². The number of halogens is 2. The third-order valence-corrected chi connectivity index (χ3v) is 3.76. The van der Waals surface area contributed by atoms with Gasteiger partial charge < -0.3 is 24.3 Å². The van der Waals surface area contributed by atoms with Crippen LogP contribution in [-0.4, -0.2) is 39.8 Å². The van der Waals surface area contributed by atoms with Crippen molar-refractivity contribution >= 4 is 11.9 Å². The molecule has 0 bridgehead atoms. The molecular weight excluding hydrogens is 376 g/mol. The molecule has 0 heterocycles. The number of benzene rings is 2. The monoisotopic (exact) mass is 395 g/mol. The van der Waals surface area contributed by atoms with E-state index < -0.39 is 35.7 Å². The Labute approximate surface area is 160 Å². The first kappa shape index (κ1) is 20.9. The van der Waals surface area contributed by atoms with Gasteiger partial charge in [0.25, 0.3) is 5.91 Å². The summed E-state index contributed by atoms with van der Waals surface area (Å²) in [5.41, 5.74) is -0.267. The van der Waals surface area contributed by atoms with Crippen molar-refractivity contribution in [3.05, 3.63) is 53.1 Å². The van der Waals surface area contributed by atoms with Crippen LogP contribution in [0.15, 0.2) is 30.3 Å². The Morgan fingerprint density at radius 1 is 0.929 bits per heavy atom. The van der Waals surface area contributed by atoms with Crippen LogP contribution in [0.25, 0.3) is 0 Å². The summed E-state index contributed by atoms with van der Waals surface area (Å²) < 4.78 is 47.4. The lowest BCUT2D eigenvalue weighted by Gasteiger charge is -2.14. The first-order valence-electron chi connectivity index (χ1n) is 8.08. The fourth-order valence-electron chi connectivity index (χ4n) is 2.37. The molecule has 0 aliphatic rings. The summed E-state index contributed by atoms with van der Waals surface area (Å²) in [6.45, 7) is -0.670. The topological polar surface area (TPSA) is 83.1 Å². The minimum Gasteiger partial charge on any atom is -0.496 e. The van der Waals surface area contributed by atoms with Crippen LogP contribution in [0.4, 0.5) is 8.78 Å². The Kier molecular flexibility index (Phi) is 7.14. The number of esters is 1. The van der Waals surface area contributed by atoms with E-state index in [1.807, 2.05) is 0 Å². The molecule has 0 aliphatic heterocycles. The third-order valence-electron chi connectivity index (χ3n) is 3.76. The van der Waals surface area contributed by atoms with Gasteiger partial charge in [0, 0.05) is 18.2 Å². The zero-order valence-corrected chi connectivity index (χ0v) is 15.5. The maximum absolute atomic E-state index is 13.5. The summed E-state index contributed by atoms with van der Waals surface area (Å²) in [4.78, 5) is 23.7. The molecule has 2 rings (SSSR count). The lowest BCUT2D eigenvalue weighted by atomic mass is 10.1. The van der Waals surface area contributed by atoms with Crippen LogP contribution >= 0.6 is 0 Å². The maximum Gasteiger partial charge on any atom is 0.344 e. The third kappa shape index (κ3) is 4.87. The highest BCUT2D eigenvalue weighted by molar-refractivity contribution is 5.91. The molecular formula is C19H19F2NO6. The molecule has 0 unspecified atom stereocenters. The lowest BCUT2D eigenvalue weighted by Crippen LogP contribution is -2.29. The number of rotatable bonds is 8. The highest BCUT2D eigenvalue weighted by atomic mass is 19.1. The number of hydrogen-bond acceptors (Lipinski definition) is 6. The van der Waals surface area contributed by atoms with E-state index in [0.717, 1.165) is 18.2 Å². The number of carbonyl (C=O) groups excluding carboxylic acids is 2. The SMILES string of the molecule is COc1cc(OC)c(OC)cc1CNC(=O)COC(=O)c1c(F)cccc1F. The van der Waals surface area contributed by atoms with Crippen molar-refractivity contribution in [1.29, 1.82) is 0 Å². The van der Waals surface area contributed by atoms with E-state index >= 15 is 0 Å². The Bertz CT molecular complexity index is 851. The Balaban J connectivity index is 1.98. The molecule has 1 amide bonds. The van der Waals surface area contributed by atoms with Gasteiger partial charge in [0.05, 0.1) is 21.3 Å². The second-order valence-electron chi connectivity index (χ2n) is 5.47. The minimum absolute atomic E-state index is 0.0357. The summed E-state index contributed by atoms with van der Waals surface area (Å²) in [6.07, 6.45) is 0. The molecule has 9 heteroatoms. The van der Waals surface area contributed by atoms with E-state index in [9.17, 15) is 18.4 Å². The summed E-state index contributed by atoms with van der Waals surface area (Å²) in [5, 5.41) is 2.52. The number of nitrogens with one attached hydrogen (secondary N) is 1. The van der Waals surface area contributed by atoms with Crippen molar-refractivity contribution < 1.29 is 37.3 Å². The van der Waals surface area contributed by atoms with E-state index in [2.05, 4.69) is 10.1 Å². The average molecular weight is 395 g/mol. The summed E-state index contributed by atoms with van der Waals surface area (Å²) in [7, 11) is 4.40. The van der Waals surface area contributed by atoms with E-state index in [1.165, 1.54) is 21.3 Å². The van der Waals surface area contributed by atoms with Crippen LogP contribution in [0.2, 0.25) is 0 Å². The summed E-state index contributed by atoms with van der Waals surface area (Å²) in [5.74, 6) is -2.73. The highest BCUT2D eigenvalue weighted by Crippen LogP contribution is 2.34. The van der Waals surface area contributed by atoms with E-state index in [0.29, 0.717) is 22.8 Å². The standard InChI is InChI=1S/C19H19F2NO6/c1-25-14-8-16(27-3)15(26-2)7-11(14)9-22-17(23)10-28-19(24)18-12(20)5-4-6-13(18)21/h4-8H,9-10H2,1-3H3,(H,22,23). The lowest BCUT2D eigenvalue weighted by molar-refractivity contribution is -0.124. The van der Waals surface area contributed by atoms with Gasteiger partial charge in [-0.3, -0.25) is 4.79 Å². The Morgan fingerprint density at radius 3 is 2.07 bits per heavy atom. The van der Waals surface area contributed by atoms with Gasteiger partial charge in [-0.1, -0.05) is 6.07 Å². The second-order valence-corrected chi connectivity index (χ2v) is 5.47. The molecule has 0 saturated carbocycles. The molecule has 0 radical (unpaired) electrons. The number of amides is 1. The normalized spacial score (nSPS) is 10.2. The number of ether oxygens (including phenoxy) is 4. The van der Waals surface area contributed by atoms with Gasteiger partial charge in [0.2, 0.25) is 0 Å². The molecule has 7 nitrogen and oxygen atoms in total. The zero-order valence-electron chi connectivity index (χ0n) is 15.5. The van der Waals surface area contributed by atoms with E-state index in [4.69, 9.17) is 14.2 Å². The number of carbonyl (C=O) groups is 2. The van der Waals surface area contributed by atoms with Gasteiger partial charge in [-0.2, -0.15) is 0 Å². The van der Waals surface area contributed by atoms with Crippen molar-refractivity contribution in [2.45, 2.75) is 6.54 Å². The first-order chi connectivity index (χ1) is 13.4. The molecule has 2 aromatic rings. The minimum atomic E-state index is -1.27. The quantitative estimate of drug-likeness (QED) is 0.692. The van der Waals surface area contributed by atoms with Crippen LogP contribution in [0.5, 0.6) is 17.2 Å². The van der Waals surface area contributed by atoms with Gasteiger partial charge >= 0.3 is 5.97 Å². The maximum atomic E-state index is 13.5. The Morgan fingerprint density at radius 2 is 1.50 bits per heavy atom. The van der Waals surface area contributed by atoms with Gasteiger partial charge in [0.1, 0.15) is 22.9 Å². The zero-order chi connectivity index (χ0) is 20.7. The van der Waals surface area contributed by atoms with E-state index in [-0.39, 0.29) is 6.54 Å². The predicted molar refractivity (Wildman–Crippen MR) is 94.6 cm³/mol. The molecule has 28 heavy (non-hydrogen) atoms. The number of hydrogen-bond donors (Lipinski definition) is 1. The first-order valence-corrected chi connectivity index (χ1v) is 8.08. The van der Waals surface area contributed by atoms with Gasteiger partial charge in [-0.25, -0.2) is 13.6 Å². The second kappa shape index (κ2) is 9.54. The van der Waals surface area contributed by atoms with Crippen LogP contribution in [0.3, 0.4) is 0 Å². The molecule has 0 saturated heterocycles.